The molecule has 20 heavy (non-hydrogen) atoms. The van der Waals surface area contributed by atoms with E-state index in [1.165, 1.54) is 11.1 Å². The zero-order chi connectivity index (χ0) is 14.8. The summed E-state index contributed by atoms with van der Waals surface area (Å²) in [5, 5.41) is 5.05. The third kappa shape index (κ3) is 4.73. The molecule has 1 rings (SSSR count). The summed E-state index contributed by atoms with van der Waals surface area (Å²) in [6.07, 6.45) is 4.02. The minimum atomic E-state index is 0.0633. The SMILES string of the molecule is CCCC(N=C=S)c1ccccc1C(CCC)N=C=S. The fourth-order valence-corrected chi connectivity index (χ4v) is 2.63. The van der Waals surface area contributed by atoms with Gasteiger partial charge >= 0.3 is 0 Å². The van der Waals surface area contributed by atoms with E-state index in [-0.39, 0.29) is 12.1 Å². The minimum Gasteiger partial charge on any atom is -0.224 e. The van der Waals surface area contributed by atoms with E-state index >= 15 is 0 Å². The molecule has 0 bridgehead atoms. The predicted octanol–water partition coefficient (Wildman–Crippen LogP) is 5.57. The molecule has 0 saturated carbocycles. The third-order valence-electron chi connectivity index (χ3n) is 3.26. The standard InChI is InChI=1S/C16H20N2S2/c1-3-7-15(17-11-19)13-9-5-6-10-14(13)16(8-4-2)18-12-20/h5-6,9-10,15-16H,3-4,7-8H2,1-2H3. The van der Waals surface area contributed by atoms with E-state index in [2.05, 4.69) is 46.3 Å². The smallest absolute Gasteiger partial charge is 0.0855 e. The van der Waals surface area contributed by atoms with Crippen molar-refractivity contribution >= 4 is 34.8 Å². The molecule has 1 aromatic carbocycles. The molecule has 1 aromatic rings. The van der Waals surface area contributed by atoms with Crippen molar-refractivity contribution in [2.24, 2.45) is 9.98 Å². The lowest BCUT2D eigenvalue weighted by atomic mass is 9.91. The Hall–Kier alpha value is -1.18. The number of benzene rings is 1. The molecule has 2 unspecified atom stereocenters. The number of thiocarbonyl (C=S) groups is 2. The molecule has 0 amide bonds. The molecule has 4 heteroatoms. The van der Waals surface area contributed by atoms with E-state index in [0.717, 1.165) is 25.7 Å². The van der Waals surface area contributed by atoms with Gasteiger partial charge in [0.25, 0.3) is 0 Å². The molecule has 0 radical (unpaired) electrons. The van der Waals surface area contributed by atoms with Crippen molar-refractivity contribution in [3.63, 3.8) is 0 Å². The molecular weight excluding hydrogens is 284 g/mol. The highest BCUT2D eigenvalue weighted by molar-refractivity contribution is 7.78. The molecular formula is C16H20N2S2. The number of nitrogens with zero attached hydrogens (tertiary/aromatic N) is 2. The van der Waals surface area contributed by atoms with Crippen molar-refractivity contribution in [2.75, 3.05) is 0 Å². The highest BCUT2D eigenvalue weighted by Gasteiger charge is 2.18. The Bertz CT molecular complexity index is 468. The van der Waals surface area contributed by atoms with Gasteiger partial charge in [0.2, 0.25) is 0 Å². The summed E-state index contributed by atoms with van der Waals surface area (Å²) in [5.41, 5.74) is 2.36. The van der Waals surface area contributed by atoms with Gasteiger partial charge in [0.05, 0.1) is 22.4 Å². The Balaban J connectivity index is 3.25. The van der Waals surface area contributed by atoms with Crippen LogP contribution in [0.1, 0.15) is 62.7 Å². The van der Waals surface area contributed by atoms with E-state index < -0.39 is 0 Å². The second-order valence-corrected chi connectivity index (χ2v) is 5.04. The monoisotopic (exact) mass is 304 g/mol. The van der Waals surface area contributed by atoms with E-state index in [4.69, 9.17) is 24.4 Å². The van der Waals surface area contributed by atoms with Crippen molar-refractivity contribution in [2.45, 2.75) is 51.6 Å². The van der Waals surface area contributed by atoms with Crippen LogP contribution < -0.4 is 0 Å². The first-order valence-electron chi connectivity index (χ1n) is 7.01. The molecule has 0 heterocycles. The van der Waals surface area contributed by atoms with Crippen LogP contribution in [0.15, 0.2) is 34.3 Å². The predicted molar refractivity (Wildman–Crippen MR) is 91.8 cm³/mol. The van der Waals surface area contributed by atoms with Gasteiger partial charge in [-0.2, -0.15) is 0 Å². The van der Waals surface area contributed by atoms with E-state index in [0.29, 0.717) is 0 Å². The number of rotatable bonds is 8. The highest BCUT2D eigenvalue weighted by atomic mass is 32.1. The summed E-state index contributed by atoms with van der Waals surface area (Å²) in [4.78, 5) is 8.65. The van der Waals surface area contributed by atoms with E-state index in [1.807, 2.05) is 12.1 Å². The molecule has 0 aliphatic carbocycles. The van der Waals surface area contributed by atoms with Crippen molar-refractivity contribution < 1.29 is 0 Å². The Morgan fingerprint density at radius 1 is 0.900 bits per heavy atom. The molecule has 0 saturated heterocycles. The summed E-state index contributed by atoms with van der Waals surface area (Å²) in [6.45, 7) is 4.29. The van der Waals surface area contributed by atoms with E-state index in [9.17, 15) is 0 Å². The second kappa shape index (κ2) is 9.68. The number of hydrogen-bond donors (Lipinski definition) is 0. The largest absolute Gasteiger partial charge is 0.224 e. The van der Waals surface area contributed by atoms with Crippen molar-refractivity contribution in [1.29, 1.82) is 0 Å². The number of isothiocyanates is 2. The molecule has 2 nitrogen and oxygen atoms in total. The summed E-state index contributed by atoms with van der Waals surface area (Å²) in [5.74, 6) is 0. The molecule has 2 atom stereocenters. The average Bonchev–Trinajstić information content (AvgIpc) is 2.47. The van der Waals surface area contributed by atoms with Crippen LogP contribution in [-0.4, -0.2) is 10.3 Å². The molecule has 0 aliphatic rings. The maximum absolute atomic E-state index is 4.78. The molecule has 0 aromatic heterocycles. The van der Waals surface area contributed by atoms with Gasteiger partial charge in [-0.05, 0) is 48.4 Å². The van der Waals surface area contributed by atoms with Crippen LogP contribution in [0.2, 0.25) is 0 Å². The quantitative estimate of drug-likeness (QED) is 0.463. The highest BCUT2D eigenvalue weighted by Crippen LogP contribution is 2.33. The Morgan fingerprint density at radius 3 is 1.60 bits per heavy atom. The molecule has 0 aliphatic heterocycles. The Kier molecular flexibility index (Phi) is 8.17. The zero-order valence-electron chi connectivity index (χ0n) is 12.0. The topological polar surface area (TPSA) is 24.7 Å². The molecule has 0 spiro atoms. The van der Waals surface area contributed by atoms with Crippen molar-refractivity contribution in [3.8, 4) is 0 Å². The van der Waals surface area contributed by atoms with Gasteiger partial charge in [-0.15, -0.1) is 0 Å². The first-order chi connectivity index (χ1) is 9.78. The summed E-state index contributed by atoms with van der Waals surface area (Å²) < 4.78 is 0. The minimum absolute atomic E-state index is 0.0633. The van der Waals surface area contributed by atoms with E-state index in [1.54, 1.807) is 0 Å². The van der Waals surface area contributed by atoms with Gasteiger partial charge in [-0.25, -0.2) is 9.98 Å². The van der Waals surface area contributed by atoms with Crippen LogP contribution >= 0.6 is 24.4 Å². The maximum Gasteiger partial charge on any atom is 0.0855 e. The number of aliphatic imine (C=N–C) groups is 2. The number of hydrogen-bond acceptors (Lipinski definition) is 4. The summed E-state index contributed by atoms with van der Waals surface area (Å²) in [7, 11) is 0. The third-order valence-corrected chi connectivity index (χ3v) is 3.47. The summed E-state index contributed by atoms with van der Waals surface area (Å²) in [6, 6.07) is 8.40. The molecule has 0 fully saturated rings. The molecule has 0 N–H and O–H groups in total. The fraction of sp³-hybridized carbons (Fsp3) is 0.500. The van der Waals surface area contributed by atoms with Crippen molar-refractivity contribution in [3.05, 3.63) is 35.4 Å². The first-order valence-corrected chi connectivity index (χ1v) is 7.82. The average molecular weight is 304 g/mol. The lowest BCUT2D eigenvalue weighted by Crippen LogP contribution is -2.04. The molecule has 106 valence electrons. The van der Waals surface area contributed by atoms with Gasteiger partial charge in [0, 0.05) is 0 Å². The zero-order valence-corrected chi connectivity index (χ0v) is 13.6. The second-order valence-electron chi connectivity index (χ2n) is 4.68. The Morgan fingerprint density at radius 2 is 1.30 bits per heavy atom. The van der Waals surface area contributed by atoms with Crippen LogP contribution in [0.3, 0.4) is 0 Å². The van der Waals surface area contributed by atoms with Crippen LogP contribution in [-0.2, 0) is 0 Å². The van der Waals surface area contributed by atoms with Gasteiger partial charge < -0.3 is 0 Å². The van der Waals surface area contributed by atoms with Crippen LogP contribution in [0.5, 0.6) is 0 Å². The van der Waals surface area contributed by atoms with Crippen LogP contribution in [0, 0.1) is 0 Å². The van der Waals surface area contributed by atoms with Gasteiger partial charge in [0.1, 0.15) is 0 Å². The normalized spacial score (nSPS) is 12.9. The summed E-state index contributed by atoms with van der Waals surface area (Å²) >= 11 is 9.57. The Labute approximate surface area is 132 Å². The van der Waals surface area contributed by atoms with Gasteiger partial charge in [-0.3, -0.25) is 0 Å². The first kappa shape index (κ1) is 16.9. The van der Waals surface area contributed by atoms with Gasteiger partial charge in [0.15, 0.2) is 0 Å². The fourth-order valence-electron chi connectivity index (χ4n) is 2.37. The van der Waals surface area contributed by atoms with Gasteiger partial charge in [-0.1, -0.05) is 51.0 Å². The lowest BCUT2D eigenvalue weighted by molar-refractivity contribution is 0.600. The maximum atomic E-state index is 4.78. The van der Waals surface area contributed by atoms with Crippen LogP contribution in [0.25, 0.3) is 0 Å². The lowest BCUT2D eigenvalue weighted by Gasteiger charge is -2.19. The van der Waals surface area contributed by atoms with Crippen LogP contribution in [0.4, 0.5) is 0 Å². The van der Waals surface area contributed by atoms with Crippen molar-refractivity contribution in [1.82, 2.24) is 0 Å².